The van der Waals surface area contributed by atoms with Gasteiger partial charge in [-0.2, -0.15) is 9.97 Å². The van der Waals surface area contributed by atoms with Gasteiger partial charge in [0.25, 0.3) is 10.0 Å². The van der Waals surface area contributed by atoms with Crippen LogP contribution < -0.4 is 14.2 Å². The molecule has 2 aromatic carbocycles. The Hall–Kier alpha value is -3.13. The molecule has 3 rings (SSSR count). The van der Waals surface area contributed by atoms with Crippen LogP contribution in [0.2, 0.25) is 0 Å². The molecule has 28 heavy (non-hydrogen) atoms. The molecule has 1 aromatic heterocycles. The first-order chi connectivity index (χ1) is 13.4. The fourth-order valence-corrected chi connectivity index (χ4v) is 3.72. The fourth-order valence-electron chi connectivity index (χ4n) is 2.55. The molecule has 0 aliphatic heterocycles. The van der Waals surface area contributed by atoms with Gasteiger partial charge in [-0.1, -0.05) is 18.2 Å². The Balaban J connectivity index is 1.83. The predicted octanol–water partition coefficient (Wildman–Crippen LogP) is 4.09. The second-order valence-corrected chi connectivity index (χ2v) is 7.66. The van der Waals surface area contributed by atoms with Crippen molar-refractivity contribution in [3.8, 4) is 17.5 Å². The van der Waals surface area contributed by atoms with Gasteiger partial charge < -0.3 is 9.47 Å². The van der Waals surface area contributed by atoms with E-state index in [4.69, 9.17) is 9.47 Å². The Labute approximate surface area is 164 Å². The first-order valence-corrected chi connectivity index (χ1v) is 10.2. The number of aromatic nitrogens is 2. The van der Waals surface area contributed by atoms with Crippen LogP contribution in [0.3, 0.4) is 0 Å². The average molecular weight is 399 g/mol. The van der Waals surface area contributed by atoms with E-state index < -0.39 is 10.0 Å². The molecule has 0 unspecified atom stereocenters. The zero-order chi connectivity index (χ0) is 20.1. The molecular weight excluding hydrogens is 378 g/mol. The normalized spacial score (nSPS) is 11.1. The number of anilines is 1. The van der Waals surface area contributed by atoms with E-state index in [1.165, 1.54) is 12.1 Å². The van der Waals surface area contributed by atoms with Crippen molar-refractivity contribution in [3.63, 3.8) is 0 Å². The van der Waals surface area contributed by atoms with Crippen LogP contribution in [0.25, 0.3) is 0 Å². The highest BCUT2D eigenvalue weighted by Gasteiger charge is 2.19. The number of hydrogen-bond acceptors (Lipinski definition) is 6. The highest BCUT2D eigenvalue weighted by Crippen LogP contribution is 2.26. The molecule has 0 fully saturated rings. The Kier molecular flexibility index (Phi) is 5.79. The van der Waals surface area contributed by atoms with Crippen LogP contribution >= 0.6 is 0 Å². The van der Waals surface area contributed by atoms with Crippen molar-refractivity contribution in [2.24, 2.45) is 0 Å². The van der Waals surface area contributed by atoms with E-state index in [1.807, 2.05) is 25.1 Å². The second-order valence-electron chi connectivity index (χ2n) is 5.98. The van der Waals surface area contributed by atoms with Gasteiger partial charge in [-0.25, -0.2) is 8.42 Å². The number of aryl methyl sites for hydroxylation is 2. The maximum absolute atomic E-state index is 12.7. The molecule has 0 spiro atoms. The Bertz CT molecular complexity index is 1030. The highest BCUT2D eigenvalue weighted by molar-refractivity contribution is 7.92. The van der Waals surface area contributed by atoms with Gasteiger partial charge >= 0.3 is 6.01 Å². The van der Waals surface area contributed by atoms with Crippen LogP contribution in [-0.2, 0) is 10.0 Å². The van der Waals surface area contributed by atoms with Crippen molar-refractivity contribution in [1.29, 1.82) is 0 Å². The quantitative estimate of drug-likeness (QED) is 0.644. The van der Waals surface area contributed by atoms with Crippen LogP contribution in [0.1, 0.15) is 18.3 Å². The van der Waals surface area contributed by atoms with Gasteiger partial charge in [0, 0.05) is 0 Å². The van der Waals surface area contributed by atoms with Gasteiger partial charge in [0.05, 0.1) is 28.6 Å². The molecule has 3 aromatic rings. The van der Waals surface area contributed by atoms with Gasteiger partial charge in [0.1, 0.15) is 11.5 Å². The molecular formula is C20H21N3O4S. The molecule has 0 radical (unpaired) electrons. The third-order valence-electron chi connectivity index (χ3n) is 3.88. The summed E-state index contributed by atoms with van der Waals surface area (Å²) in [5, 5.41) is 0. The fraction of sp³-hybridized carbons (Fsp3) is 0.200. The van der Waals surface area contributed by atoms with E-state index in [1.54, 1.807) is 38.1 Å². The minimum Gasteiger partial charge on any atom is -0.494 e. The summed E-state index contributed by atoms with van der Waals surface area (Å²) in [4.78, 5) is 8.65. The molecule has 8 heteroatoms. The zero-order valence-corrected chi connectivity index (χ0v) is 16.7. The first kappa shape index (κ1) is 19.6. The summed E-state index contributed by atoms with van der Waals surface area (Å²) in [6.45, 7) is 5.77. The predicted molar refractivity (Wildman–Crippen MR) is 106 cm³/mol. The van der Waals surface area contributed by atoms with Crippen LogP contribution in [0.5, 0.6) is 17.5 Å². The summed E-state index contributed by atoms with van der Waals surface area (Å²) >= 11 is 0. The van der Waals surface area contributed by atoms with Crippen LogP contribution in [0, 0.1) is 13.8 Å². The maximum Gasteiger partial charge on any atom is 0.322 e. The highest BCUT2D eigenvalue weighted by atomic mass is 32.2. The van der Waals surface area contributed by atoms with Crippen molar-refractivity contribution < 1.29 is 17.9 Å². The van der Waals surface area contributed by atoms with Crippen molar-refractivity contribution in [3.05, 3.63) is 66.0 Å². The summed E-state index contributed by atoms with van der Waals surface area (Å²) in [7, 11) is -3.79. The summed E-state index contributed by atoms with van der Waals surface area (Å²) in [6.07, 6.45) is 0. The molecule has 0 bridgehead atoms. The number of nitrogens with zero attached hydrogens (tertiary/aromatic N) is 2. The second kappa shape index (κ2) is 8.26. The molecule has 0 amide bonds. The van der Waals surface area contributed by atoms with Crippen molar-refractivity contribution >= 4 is 15.7 Å². The van der Waals surface area contributed by atoms with Gasteiger partial charge in [-0.05, 0) is 57.2 Å². The summed E-state index contributed by atoms with van der Waals surface area (Å²) in [5.41, 5.74) is 1.26. The number of sulfonamides is 1. The first-order valence-electron chi connectivity index (χ1n) is 8.73. The Morgan fingerprint density at radius 3 is 2.07 bits per heavy atom. The minimum atomic E-state index is -3.79. The molecule has 0 aliphatic carbocycles. The van der Waals surface area contributed by atoms with Crippen LogP contribution in [0.15, 0.2) is 59.5 Å². The average Bonchev–Trinajstić information content (AvgIpc) is 2.66. The van der Waals surface area contributed by atoms with Crippen molar-refractivity contribution in [1.82, 2.24) is 9.97 Å². The van der Waals surface area contributed by atoms with Gasteiger partial charge in [0.15, 0.2) is 0 Å². The Morgan fingerprint density at radius 1 is 0.893 bits per heavy atom. The van der Waals surface area contributed by atoms with E-state index in [9.17, 15) is 8.42 Å². The summed E-state index contributed by atoms with van der Waals surface area (Å²) < 4.78 is 39.0. The lowest BCUT2D eigenvalue weighted by Gasteiger charge is -2.14. The van der Waals surface area contributed by atoms with Crippen LogP contribution in [-0.4, -0.2) is 25.0 Å². The lowest BCUT2D eigenvalue weighted by molar-refractivity contribution is 0.340. The lowest BCUT2D eigenvalue weighted by Crippen LogP contribution is -2.16. The van der Waals surface area contributed by atoms with Crippen molar-refractivity contribution in [2.75, 3.05) is 11.3 Å². The number of benzene rings is 2. The molecule has 0 atom stereocenters. The molecule has 7 nitrogen and oxygen atoms in total. The van der Waals surface area contributed by atoms with E-state index in [2.05, 4.69) is 14.7 Å². The molecule has 0 saturated carbocycles. The van der Waals surface area contributed by atoms with E-state index in [-0.39, 0.29) is 10.9 Å². The van der Waals surface area contributed by atoms with Gasteiger partial charge in [0.2, 0.25) is 0 Å². The minimum absolute atomic E-state index is 0.124. The van der Waals surface area contributed by atoms with Crippen LogP contribution in [0.4, 0.5) is 5.69 Å². The summed E-state index contributed by atoms with van der Waals surface area (Å²) in [6, 6.07) is 15.5. The molecule has 1 heterocycles. The monoisotopic (exact) mass is 399 g/mol. The topological polar surface area (TPSA) is 90.4 Å². The third-order valence-corrected chi connectivity index (χ3v) is 5.25. The SMILES string of the molecule is CCOc1ccc(S(=O)(=O)Nc2c(C)nc(Oc3ccccc3)nc2C)cc1. The molecule has 1 N–H and O–H groups in total. The van der Waals surface area contributed by atoms with E-state index >= 15 is 0 Å². The van der Waals surface area contributed by atoms with Gasteiger partial charge in [-0.3, -0.25) is 4.72 Å². The van der Waals surface area contributed by atoms with E-state index in [0.29, 0.717) is 35.2 Å². The maximum atomic E-state index is 12.7. The molecule has 146 valence electrons. The van der Waals surface area contributed by atoms with E-state index in [0.717, 1.165) is 0 Å². The smallest absolute Gasteiger partial charge is 0.322 e. The Morgan fingerprint density at radius 2 is 1.50 bits per heavy atom. The number of nitrogens with one attached hydrogen (secondary N) is 1. The number of hydrogen-bond donors (Lipinski definition) is 1. The van der Waals surface area contributed by atoms with Crippen molar-refractivity contribution in [2.45, 2.75) is 25.7 Å². The zero-order valence-electron chi connectivity index (χ0n) is 15.8. The molecule has 0 saturated heterocycles. The number of ether oxygens (including phenoxy) is 2. The standard InChI is InChI=1S/C20H21N3O4S/c1-4-26-16-10-12-18(13-11-16)28(24,25)23-19-14(2)21-20(22-15(19)3)27-17-8-6-5-7-9-17/h5-13,23H,4H2,1-3H3. The number of rotatable bonds is 7. The largest absolute Gasteiger partial charge is 0.494 e. The summed E-state index contributed by atoms with van der Waals surface area (Å²) in [5.74, 6) is 1.21. The van der Waals surface area contributed by atoms with Gasteiger partial charge in [-0.15, -0.1) is 0 Å². The molecule has 0 aliphatic rings. The number of para-hydroxylation sites is 1. The third kappa shape index (κ3) is 4.58. The lowest BCUT2D eigenvalue weighted by atomic mass is 10.3.